The fraction of sp³-hybridized carbons (Fsp3) is 0. The number of aromatic nitrogens is 5. The van der Waals surface area contributed by atoms with E-state index in [1.807, 2.05) is 18.2 Å². The summed E-state index contributed by atoms with van der Waals surface area (Å²) in [7, 11) is 0. The molecule has 0 saturated heterocycles. The number of benzene rings is 2. The number of anilines is 2. The first-order valence-corrected chi connectivity index (χ1v) is 6.78. The number of hydrogen-bond donors (Lipinski definition) is 3. The molecule has 23 heavy (non-hydrogen) atoms. The van der Waals surface area contributed by atoms with Crippen LogP contribution in [0.25, 0.3) is 22.3 Å². The molecule has 2 aromatic carbocycles. The molecule has 0 unspecified atom stereocenters. The van der Waals surface area contributed by atoms with Crippen LogP contribution in [0.4, 0.5) is 20.4 Å². The molecule has 0 fully saturated rings. The number of hydrogen-bond acceptors (Lipinski definition) is 4. The Bertz CT molecular complexity index is 990. The van der Waals surface area contributed by atoms with E-state index in [0.717, 1.165) is 22.5 Å². The molecule has 0 aliphatic heterocycles. The molecular formula is C15H10F2N6. The molecule has 0 aliphatic carbocycles. The molecule has 3 N–H and O–H groups in total. The third kappa shape index (κ3) is 2.30. The van der Waals surface area contributed by atoms with E-state index in [2.05, 4.69) is 30.7 Å². The smallest absolute Gasteiger partial charge is 0.246 e. The van der Waals surface area contributed by atoms with Gasteiger partial charge in [-0.15, -0.1) is 5.10 Å². The van der Waals surface area contributed by atoms with Crippen LogP contribution in [0.5, 0.6) is 0 Å². The summed E-state index contributed by atoms with van der Waals surface area (Å²) in [5.41, 5.74) is 1.64. The average Bonchev–Trinajstić information content (AvgIpc) is 3.20. The van der Waals surface area contributed by atoms with Crippen molar-refractivity contribution in [2.24, 2.45) is 0 Å². The summed E-state index contributed by atoms with van der Waals surface area (Å²) in [6.07, 6.45) is 1.69. The zero-order chi connectivity index (χ0) is 15.8. The van der Waals surface area contributed by atoms with E-state index >= 15 is 0 Å². The van der Waals surface area contributed by atoms with E-state index in [0.29, 0.717) is 5.82 Å². The van der Waals surface area contributed by atoms with Crippen LogP contribution >= 0.6 is 0 Å². The van der Waals surface area contributed by atoms with Gasteiger partial charge in [-0.2, -0.15) is 10.1 Å². The lowest BCUT2D eigenvalue weighted by Gasteiger charge is -2.03. The highest BCUT2D eigenvalue weighted by Gasteiger charge is 2.13. The summed E-state index contributed by atoms with van der Waals surface area (Å²) in [4.78, 5) is 4.27. The first kappa shape index (κ1) is 13.4. The fourth-order valence-electron chi connectivity index (χ4n) is 2.33. The van der Waals surface area contributed by atoms with E-state index in [1.165, 1.54) is 12.1 Å². The topological polar surface area (TPSA) is 82.3 Å². The summed E-state index contributed by atoms with van der Waals surface area (Å²) >= 11 is 0. The van der Waals surface area contributed by atoms with Crippen LogP contribution in [0.1, 0.15) is 0 Å². The maximum Gasteiger partial charge on any atom is 0.246 e. The van der Waals surface area contributed by atoms with Crippen LogP contribution in [0.3, 0.4) is 0 Å². The molecule has 0 atom stereocenters. The lowest BCUT2D eigenvalue weighted by atomic mass is 10.1. The summed E-state index contributed by atoms with van der Waals surface area (Å²) in [5.74, 6) is -1.27. The van der Waals surface area contributed by atoms with Crippen molar-refractivity contribution in [3.8, 4) is 11.4 Å². The Morgan fingerprint density at radius 1 is 1.00 bits per heavy atom. The number of fused-ring (bicyclic) bond motifs is 1. The molecular weight excluding hydrogens is 302 g/mol. The van der Waals surface area contributed by atoms with Gasteiger partial charge < -0.3 is 5.32 Å². The minimum atomic E-state index is -0.976. The van der Waals surface area contributed by atoms with Gasteiger partial charge in [-0.25, -0.2) is 8.78 Å². The minimum absolute atomic E-state index is 0.0305. The normalized spacial score (nSPS) is 11.0. The molecule has 0 saturated carbocycles. The SMILES string of the molecule is Fc1cccc(Nc2n[nH]c(-c3cccc4[nH]ncc34)n2)c1F. The lowest BCUT2D eigenvalue weighted by molar-refractivity contribution is 0.511. The van der Waals surface area contributed by atoms with E-state index in [4.69, 9.17) is 0 Å². The maximum atomic E-state index is 13.7. The van der Waals surface area contributed by atoms with Crippen molar-refractivity contribution >= 4 is 22.5 Å². The predicted molar refractivity (Wildman–Crippen MR) is 81.1 cm³/mol. The van der Waals surface area contributed by atoms with E-state index < -0.39 is 11.6 Å². The van der Waals surface area contributed by atoms with E-state index in [1.54, 1.807) is 6.20 Å². The molecule has 0 radical (unpaired) electrons. The van der Waals surface area contributed by atoms with Gasteiger partial charge in [0.25, 0.3) is 0 Å². The number of halogens is 2. The lowest BCUT2D eigenvalue weighted by Crippen LogP contribution is -1.97. The zero-order valence-corrected chi connectivity index (χ0v) is 11.6. The largest absolute Gasteiger partial charge is 0.320 e. The zero-order valence-electron chi connectivity index (χ0n) is 11.6. The minimum Gasteiger partial charge on any atom is -0.320 e. The third-order valence-electron chi connectivity index (χ3n) is 3.42. The number of nitrogens with zero attached hydrogens (tertiary/aromatic N) is 3. The molecule has 2 heterocycles. The van der Waals surface area contributed by atoms with Gasteiger partial charge in [-0.1, -0.05) is 18.2 Å². The molecule has 6 nitrogen and oxygen atoms in total. The second-order valence-electron chi connectivity index (χ2n) is 4.87. The summed E-state index contributed by atoms with van der Waals surface area (Å²) in [5, 5.41) is 17.2. The summed E-state index contributed by atoms with van der Waals surface area (Å²) < 4.78 is 26.9. The molecule has 2 aromatic heterocycles. The Hall–Kier alpha value is -3.29. The van der Waals surface area contributed by atoms with Gasteiger partial charge in [-0.05, 0) is 18.2 Å². The highest BCUT2D eigenvalue weighted by atomic mass is 19.2. The van der Waals surface area contributed by atoms with Crippen LogP contribution in [0.2, 0.25) is 0 Å². The van der Waals surface area contributed by atoms with Crippen LogP contribution in [0, 0.1) is 11.6 Å². The molecule has 0 bridgehead atoms. The molecule has 0 amide bonds. The Labute approximate surface area is 128 Å². The molecule has 114 valence electrons. The van der Waals surface area contributed by atoms with Gasteiger partial charge in [0.1, 0.15) is 0 Å². The molecule has 0 aliphatic rings. The van der Waals surface area contributed by atoms with Crippen molar-refractivity contribution in [2.45, 2.75) is 0 Å². The van der Waals surface area contributed by atoms with Gasteiger partial charge >= 0.3 is 0 Å². The third-order valence-corrected chi connectivity index (χ3v) is 3.42. The Balaban J connectivity index is 1.69. The van der Waals surface area contributed by atoms with Crippen molar-refractivity contribution < 1.29 is 8.78 Å². The maximum absolute atomic E-state index is 13.7. The average molecular weight is 312 g/mol. The second kappa shape index (κ2) is 5.16. The standard InChI is InChI=1S/C15H10F2N6/c16-10-4-2-6-12(13(10)17)19-15-20-14(22-23-15)8-3-1-5-11-9(8)7-18-21-11/h1-7H,(H,18,21)(H2,19,20,22,23). The summed E-state index contributed by atoms with van der Waals surface area (Å²) in [6, 6.07) is 9.47. The molecule has 4 aromatic rings. The number of aromatic amines is 2. The Kier molecular flexibility index (Phi) is 3.00. The highest BCUT2D eigenvalue weighted by molar-refractivity contribution is 5.92. The van der Waals surface area contributed by atoms with Gasteiger partial charge in [0.05, 0.1) is 17.4 Å². The van der Waals surface area contributed by atoms with E-state index in [-0.39, 0.29) is 11.6 Å². The molecule has 4 rings (SSSR count). The first-order valence-electron chi connectivity index (χ1n) is 6.78. The molecule has 8 heteroatoms. The van der Waals surface area contributed by atoms with Crippen LogP contribution in [0.15, 0.2) is 42.6 Å². The van der Waals surface area contributed by atoms with Crippen molar-refractivity contribution in [1.82, 2.24) is 25.4 Å². The Morgan fingerprint density at radius 2 is 1.87 bits per heavy atom. The van der Waals surface area contributed by atoms with Crippen molar-refractivity contribution in [1.29, 1.82) is 0 Å². The number of H-pyrrole nitrogens is 2. The second-order valence-corrected chi connectivity index (χ2v) is 4.87. The molecule has 0 spiro atoms. The number of rotatable bonds is 3. The monoisotopic (exact) mass is 312 g/mol. The van der Waals surface area contributed by atoms with Gasteiger partial charge in [0.2, 0.25) is 5.95 Å². The Morgan fingerprint density at radius 3 is 2.78 bits per heavy atom. The van der Waals surface area contributed by atoms with Gasteiger partial charge in [0, 0.05) is 10.9 Å². The van der Waals surface area contributed by atoms with Gasteiger partial charge in [0.15, 0.2) is 17.5 Å². The quantitative estimate of drug-likeness (QED) is 0.541. The van der Waals surface area contributed by atoms with Crippen LogP contribution < -0.4 is 5.32 Å². The van der Waals surface area contributed by atoms with Crippen LogP contribution in [-0.4, -0.2) is 25.4 Å². The predicted octanol–water partition coefficient (Wildman–Crippen LogP) is 3.37. The van der Waals surface area contributed by atoms with Crippen molar-refractivity contribution in [3.63, 3.8) is 0 Å². The highest BCUT2D eigenvalue weighted by Crippen LogP contribution is 2.26. The van der Waals surface area contributed by atoms with Crippen molar-refractivity contribution in [3.05, 3.63) is 54.2 Å². The number of nitrogens with one attached hydrogen (secondary N) is 3. The first-order chi connectivity index (χ1) is 11.2. The fourth-order valence-corrected chi connectivity index (χ4v) is 2.33. The van der Waals surface area contributed by atoms with Gasteiger partial charge in [-0.3, -0.25) is 10.2 Å². The van der Waals surface area contributed by atoms with Crippen molar-refractivity contribution in [2.75, 3.05) is 5.32 Å². The summed E-state index contributed by atoms with van der Waals surface area (Å²) in [6.45, 7) is 0. The van der Waals surface area contributed by atoms with E-state index in [9.17, 15) is 8.78 Å². The van der Waals surface area contributed by atoms with Crippen LogP contribution in [-0.2, 0) is 0 Å².